The number of halogens is 1. The zero-order valence-electron chi connectivity index (χ0n) is 7.20. The first-order chi connectivity index (χ1) is 6.16. The zero-order valence-corrected chi connectivity index (χ0v) is 8.79. The Kier molecular flexibility index (Phi) is 3.74. The summed E-state index contributed by atoms with van der Waals surface area (Å²) in [6, 6.07) is 0. The lowest BCUT2D eigenvalue weighted by molar-refractivity contribution is -0.129. The molecule has 1 rings (SSSR count). The fourth-order valence-corrected chi connectivity index (χ4v) is 1.70. The highest BCUT2D eigenvalue weighted by molar-refractivity contribution is 9.09. The SMILES string of the molecule is C=C1OCC(Br)N1C(=O)CCCO. The molecular formula is C8H12BrNO3. The van der Waals surface area contributed by atoms with Gasteiger partial charge in [0.2, 0.25) is 5.91 Å². The lowest BCUT2D eigenvalue weighted by Crippen LogP contribution is -2.31. The number of ether oxygens (including phenoxy) is 1. The van der Waals surface area contributed by atoms with Crippen LogP contribution in [0.5, 0.6) is 0 Å². The van der Waals surface area contributed by atoms with E-state index in [0.717, 1.165) is 0 Å². The summed E-state index contributed by atoms with van der Waals surface area (Å²) in [5, 5.41) is 8.55. The largest absolute Gasteiger partial charge is 0.476 e. The van der Waals surface area contributed by atoms with Gasteiger partial charge in [-0.1, -0.05) is 15.9 Å². The second-order valence-corrected chi connectivity index (χ2v) is 3.79. The lowest BCUT2D eigenvalue weighted by atomic mass is 10.3. The van der Waals surface area contributed by atoms with E-state index in [9.17, 15) is 4.79 Å². The molecule has 1 unspecified atom stereocenters. The molecule has 0 spiro atoms. The summed E-state index contributed by atoms with van der Waals surface area (Å²) in [4.78, 5) is 12.8. The van der Waals surface area contributed by atoms with Crippen molar-refractivity contribution in [3.63, 3.8) is 0 Å². The van der Waals surface area contributed by atoms with Gasteiger partial charge in [-0.3, -0.25) is 9.69 Å². The number of nitrogens with zero attached hydrogens (tertiary/aromatic N) is 1. The van der Waals surface area contributed by atoms with Crippen LogP contribution in [0.4, 0.5) is 0 Å². The van der Waals surface area contributed by atoms with E-state index in [-0.39, 0.29) is 17.5 Å². The zero-order chi connectivity index (χ0) is 9.84. The highest BCUT2D eigenvalue weighted by atomic mass is 79.9. The van der Waals surface area contributed by atoms with Gasteiger partial charge < -0.3 is 9.84 Å². The first kappa shape index (κ1) is 10.5. The number of carbonyl (C=O) groups excluding carboxylic acids is 1. The van der Waals surface area contributed by atoms with Crippen LogP contribution in [0.1, 0.15) is 12.8 Å². The number of hydrogen-bond acceptors (Lipinski definition) is 3. The number of carbonyl (C=O) groups is 1. The van der Waals surface area contributed by atoms with Crippen LogP contribution in [0.25, 0.3) is 0 Å². The topological polar surface area (TPSA) is 49.8 Å². The van der Waals surface area contributed by atoms with E-state index < -0.39 is 0 Å². The molecule has 0 aromatic heterocycles. The standard InChI is InChI=1S/C8H12BrNO3/c1-6-10(7(9)5-13-6)8(12)3-2-4-11/h7,11H,1-5H2. The van der Waals surface area contributed by atoms with Crippen molar-refractivity contribution in [2.75, 3.05) is 13.2 Å². The number of rotatable bonds is 3. The quantitative estimate of drug-likeness (QED) is 0.595. The third kappa shape index (κ3) is 2.45. The van der Waals surface area contributed by atoms with Gasteiger partial charge in [-0.15, -0.1) is 0 Å². The number of hydrogen-bond donors (Lipinski definition) is 1. The Morgan fingerprint density at radius 3 is 3.00 bits per heavy atom. The van der Waals surface area contributed by atoms with E-state index in [0.29, 0.717) is 25.3 Å². The Bertz CT molecular complexity index is 219. The third-order valence-electron chi connectivity index (χ3n) is 1.75. The second-order valence-electron chi connectivity index (χ2n) is 2.73. The van der Waals surface area contributed by atoms with Crippen LogP contribution in [-0.4, -0.2) is 34.1 Å². The van der Waals surface area contributed by atoms with Crippen molar-refractivity contribution in [3.05, 3.63) is 12.5 Å². The van der Waals surface area contributed by atoms with Crippen LogP contribution < -0.4 is 0 Å². The van der Waals surface area contributed by atoms with Crippen molar-refractivity contribution in [2.24, 2.45) is 0 Å². The van der Waals surface area contributed by atoms with E-state index >= 15 is 0 Å². The van der Waals surface area contributed by atoms with Crippen LogP contribution in [0.3, 0.4) is 0 Å². The van der Waals surface area contributed by atoms with Crippen LogP contribution in [0.2, 0.25) is 0 Å². The number of aliphatic hydroxyl groups is 1. The second kappa shape index (κ2) is 4.62. The molecule has 1 saturated heterocycles. The van der Waals surface area contributed by atoms with Gasteiger partial charge in [-0.05, 0) is 13.0 Å². The Morgan fingerprint density at radius 1 is 1.85 bits per heavy atom. The smallest absolute Gasteiger partial charge is 0.230 e. The maximum atomic E-state index is 11.5. The maximum Gasteiger partial charge on any atom is 0.230 e. The summed E-state index contributed by atoms with van der Waals surface area (Å²) in [5.41, 5.74) is 0. The van der Waals surface area contributed by atoms with Crippen LogP contribution in [0.15, 0.2) is 12.5 Å². The van der Waals surface area contributed by atoms with Gasteiger partial charge in [0.25, 0.3) is 0 Å². The molecule has 1 heterocycles. The molecule has 1 aliphatic heterocycles. The normalized spacial score (nSPS) is 21.8. The van der Waals surface area contributed by atoms with Gasteiger partial charge in [0.15, 0.2) is 5.88 Å². The van der Waals surface area contributed by atoms with Gasteiger partial charge in [-0.2, -0.15) is 0 Å². The average Bonchev–Trinajstić information content (AvgIpc) is 2.42. The van der Waals surface area contributed by atoms with E-state index in [1.54, 1.807) is 0 Å². The Hall–Kier alpha value is -0.550. The molecule has 13 heavy (non-hydrogen) atoms. The van der Waals surface area contributed by atoms with Crippen molar-refractivity contribution in [1.82, 2.24) is 4.90 Å². The van der Waals surface area contributed by atoms with Gasteiger partial charge in [0, 0.05) is 13.0 Å². The molecule has 74 valence electrons. The van der Waals surface area contributed by atoms with Gasteiger partial charge in [-0.25, -0.2) is 0 Å². The van der Waals surface area contributed by atoms with Crippen molar-refractivity contribution < 1.29 is 14.6 Å². The molecule has 1 amide bonds. The first-order valence-corrected chi connectivity index (χ1v) is 4.97. The van der Waals surface area contributed by atoms with Crippen LogP contribution in [-0.2, 0) is 9.53 Å². The van der Waals surface area contributed by atoms with Crippen molar-refractivity contribution in [3.8, 4) is 0 Å². The Morgan fingerprint density at radius 2 is 2.54 bits per heavy atom. The predicted molar refractivity (Wildman–Crippen MR) is 51.0 cm³/mol. The highest BCUT2D eigenvalue weighted by Crippen LogP contribution is 2.24. The fraction of sp³-hybridized carbons (Fsp3) is 0.625. The summed E-state index contributed by atoms with van der Waals surface area (Å²) < 4.78 is 5.08. The molecule has 0 saturated carbocycles. The van der Waals surface area contributed by atoms with E-state index in [1.807, 2.05) is 0 Å². The minimum absolute atomic E-state index is 0.0276. The summed E-state index contributed by atoms with van der Waals surface area (Å²) in [6.07, 6.45) is 0.795. The van der Waals surface area contributed by atoms with E-state index in [4.69, 9.17) is 9.84 Å². The molecule has 4 nitrogen and oxygen atoms in total. The Balaban J connectivity index is 2.49. The molecule has 1 aliphatic rings. The molecule has 1 fully saturated rings. The molecular weight excluding hydrogens is 238 g/mol. The molecule has 0 radical (unpaired) electrons. The summed E-state index contributed by atoms with van der Waals surface area (Å²) in [6.45, 7) is 4.07. The monoisotopic (exact) mass is 249 g/mol. The first-order valence-electron chi connectivity index (χ1n) is 4.05. The van der Waals surface area contributed by atoms with Crippen LogP contribution in [0, 0.1) is 0 Å². The fourth-order valence-electron chi connectivity index (χ4n) is 1.11. The predicted octanol–water partition coefficient (Wildman–Crippen LogP) is 0.810. The molecule has 5 heteroatoms. The molecule has 1 atom stereocenters. The summed E-state index contributed by atoms with van der Waals surface area (Å²) in [7, 11) is 0. The molecule has 0 aromatic carbocycles. The van der Waals surface area contributed by atoms with Gasteiger partial charge in [0.1, 0.15) is 11.6 Å². The van der Waals surface area contributed by atoms with Gasteiger partial charge in [0.05, 0.1) is 0 Å². The van der Waals surface area contributed by atoms with Crippen molar-refractivity contribution in [1.29, 1.82) is 0 Å². The van der Waals surface area contributed by atoms with Crippen molar-refractivity contribution in [2.45, 2.75) is 17.8 Å². The van der Waals surface area contributed by atoms with E-state index in [2.05, 4.69) is 22.5 Å². The minimum Gasteiger partial charge on any atom is -0.476 e. The third-order valence-corrected chi connectivity index (χ3v) is 2.43. The van der Waals surface area contributed by atoms with Crippen molar-refractivity contribution >= 4 is 21.8 Å². The maximum absolute atomic E-state index is 11.5. The Labute approximate surface area is 85.3 Å². The number of aliphatic hydroxyl groups excluding tert-OH is 1. The summed E-state index contributed by atoms with van der Waals surface area (Å²) >= 11 is 3.29. The van der Waals surface area contributed by atoms with E-state index in [1.165, 1.54) is 4.90 Å². The lowest BCUT2D eigenvalue weighted by Gasteiger charge is -2.17. The minimum atomic E-state index is -0.119. The van der Waals surface area contributed by atoms with Gasteiger partial charge >= 0.3 is 0 Å². The molecule has 1 N–H and O–H groups in total. The number of alkyl halides is 1. The molecule has 0 bridgehead atoms. The van der Waals surface area contributed by atoms with Crippen LogP contribution >= 0.6 is 15.9 Å². The summed E-state index contributed by atoms with van der Waals surface area (Å²) in [5.74, 6) is 0.309. The number of amides is 1. The highest BCUT2D eigenvalue weighted by Gasteiger charge is 2.30. The molecule has 0 aliphatic carbocycles. The molecule has 0 aromatic rings. The average molecular weight is 250 g/mol.